The first kappa shape index (κ1) is 22.0. The number of anilines is 1. The lowest BCUT2D eigenvalue weighted by Gasteiger charge is -2.32. The van der Waals surface area contributed by atoms with Crippen molar-refractivity contribution in [1.82, 2.24) is 10.2 Å². The van der Waals surface area contributed by atoms with E-state index in [0.29, 0.717) is 25.9 Å². The molecular weight excluding hydrogens is 433 g/mol. The van der Waals surface area contributed by atoms with Gasteiger partial charge in [0, 0.05) is 31.7 Å². The van der Waals surface area contributed by atoms with Gasteiger partial charge in [-0.15, -0.1) is 0 Å². The molecule has 0 unspecified atom stereocenters. The van der Waals surface area contributed by atoms with Gasteiger partial charge < -0.3 is 10.2 Å². The van der Waals surface area contributed by atoms with Crippen LogP contribution in [0.15, 0.2) is 47.4 Å². The molecule has 0 aromatic heterocycles. The molecular formula is C20H21ClFN3O4S. The predicted molar refractivity (Wildman–Crippen MR) is 111 cm³/mol. The third-order valence-corrected chi connectivity index (χ3v) is 6.47. The molecule has 10 heteroatoms. The van der Waals surface area contributed by atoms with Crippen molar-refractivity contribution in [3.05, 3.63) is 58.9 Å². The molecule has 0 atom stereocenters. The van der Waals surface area contributed by atoms with Crippen molar-refractivity contribution in [2.75, 3.05) is 17.8 Å². The fourth-order valence-corrected chi connectivity index (χ4v) is 4.53. The maximum Gasteiger partial charge on any atom is 0.261 e. The average Bonchev–Trinajstić information content (AvgIpc) is 2.69. The normalized spacial score (nSPS) is 15.0. The lowest BCUT2D eigenvalue weighted by Crippen LogP contribution is -2.46. The Bertz CT molecular complexity index is 1050. The van der Waals surface area contributed by atoms with Gasteiger partial charge in [-0.25, -0.2) is 12.8 Å². The van der Waals surface area contributed by atoms with Crippen molar-refractivity contribution in [2.45, 2.75) is 30.7 Å². The third kappa shape index (κ3) is 5.28. The topological polar surface area (TPSA) is 95.6 Å². The highest BCUT2D eigenvalue weighted by atomic mass is 35.5. The van der Waals surface area contributed by atoms with Gasteiger partial charge in [-0.1, -0.05) is 11.6 Å². The number of amides is 2. The van der Waals surface area contributed by atoms with E-state index in [9.17, 15) is 22.4 Å². The quantitative estimate of drug-likeness (QED) is 0.727. The Labute approximate surface area is 179 Å². The van der Waals surface area contributed by atoms with Gasteiger partial charge in [-0.05, 0) is 55.3 Å². The van der Waals surface area contributed by atoms with Gasteiger partial charge in [0.2, 0.25) is 5.91 Å². The molecule has 30 heavy (non-hydrogen) atoms. The zero-order chi connectivity index (χ0) is 21.9. The van der Waals surface area contributed by atoms with Gasteiger partial charge in [0.25, 0.3) is 15.9 Å². The molecule has 160 valence electrons. The molecule has 1 aliphatic heterocycles. The monoisotopic (exact) mass is 453 g/mol. The van der Waals surface area contributed by atoms with Crippen molar-refractivity contribution in [1.29, 1.82) is 0 Å². The van der Waals surface area contributed by atoms with Gasteiger partial charge in [0.05, 0.1) is 15.5 Å². The maximum absolute atomic E-state index is 13.0. The van der Waals surface area contributed by atoms with Gasteiger partial charge in [-0.2, -0.15) is 0 Å². The smallest absolute Gasteiger partial charge is 0.261 e. The number of benzene rings is 2. The van der Waals surface area contributed by atoms with E-state index in [4.69, 9.17) is 11.6 Å². The number of piperidine rings is 1. The van der Waals surface area contributed by atoms with Crippen molar-refractivity contribution in [3.63, 3.8) is 0 Å². The van der Waals surface area contributed by atoms with Crippen molar-refractivity contribution in [3.8, 4) is 0 Å². The highest BCUT2D eigenvalue weighted by Crippen LogP contribution is 2.25. The summed E-state index contributed by atoms with van der Waals surface area (Å²) >= 11 is 6.17. The van der Waals surface area contributed by atoms with E-state index in [1.807, 2.05) is 0 Å². The first-order chi connectivity index (χ1) is 14.2. The van der Waals surface area contributed by atoms with E-state index in [1.54, 1.807) is 4.90 Å². The molecule has 1 saturated heterocycles. The van der Waals surface area contributed by atoms with E-state index in [0.717, 1.165) is 12.1 Å². The fourth-order valence-electron chi connectivity index (χ4n) is 3.25. The summed E-state index contributed by atoms with van der Waals surface area (Å²) in [6.45, 7) is 2.29. The van der Waals surface area contributed by atoms with Crippen LogP contribution in [0.4, 0.5) is 10.1 Å². The molecule has 0 aliphatic carbocycles. The van der Waals surface area contributed by atoms with Crippen LogP contribution in [-0.2, 0) is 14.8 Å². The van der Waals surface area contributed by atoms with E-state index in [1.165, 1.54) is 37.3 Å². The Morgan fingerprint density at radius 3 is 2.33 bits per heavy atom. The second kappa shape index (κ2) is 9.01. The third-order valence-electron chi connectivity index (χ3n) is 4.76. The number of nitrogens with one attached hydrogen (secondary N) is 2. The molecule has 0 spiro atoms. The first-order valence-corrected chi connectivity index (χ1v) is 11.2. The number of nitrogens with zero attached hydrogens (tertiary/aromatic N) is 1. The number of likely N-dealkylation sites (tertiary alicyclic amines) is 1. The highest BCUT2D eigenvalue weighted by Gasteiger charge is 2.26. The largest absolute Gasteiger partial charge is 0.353 e. The minimum atomic E-state index is -4.00. The molecule has 7 nitrogen and oxygen atoms in total. The summed E-state index contributed by atoms with van der Waals surface area (Å²) in [7, 11) is -4.00. The zero-order valence-corrected chi connectivity index (χ0v) is 17.8. The van der Waals surface area contributed by atoms with Crippen LogP contribution in [0.25, 0.3) is 0 Å². The Balaban J connectivity index is 1.77. The van der Waals surface area contributed by atoms with Crippen molar-refractivity contribution >= 4 is 39.1 Å². The molecule has 2 N–H and O–H groups in total. The van der Waals surface area contributed by atoms with Crippen molar-refractivity contribution in [2.24, 2.45) is 0 Å². The minimum Gasteiger partial charge on any atom is -0.353 e. The lowest BCUT2D eigenvalue weighted by atomic mass is 10.0. The number of hydrogen-bond acceptors (Lipinski definition) is 4. The number of halogens is 2. The number of carbonyl (C=O) groups is 2. The predicted octanol–water partition coefficient (Wildman–Crippen LogP) is 3.02. The van der Waals surface area contributed by atoms with Crippen LogP contribution in [0.1, 0.15) is 30.1 Å². The Kier molecular flexibility index (Phi) is 6.62. The minimum absolute atomic E-state index is 0.00800. The van der Waals surface area contributed by atoms with E-state index < -0.39 is 15.8 Å². The van der Waals surface area contributed by atoms with Gasteiger partial charge in [0.1, 0.15) is 5.82 Å². The molecule has 2 amide bonds. The summed E-state index contributed by atoms with van der Waals surface area (Å²) in [5, 5.41) is 2.98. The summed E-state index contributed by atoms with van der Waals surface area (Å²) in [6.07, 6.45) is 1.21. The van der Waals surface area contributed by atoms with Crippen LogP contribution in [0, 0.1) is 5.82 Å². The molecule has 0 bridgehead atoms. The van der Waals surface area contributed by atoms with Crippen LogP contribution < -0.4 is 10.0 Å². The molecule has 3 rings (SSSR count). The highest BCUT2D eigenvalue weighted by molar-refractivity contribution is 7.92. The van der Waals surface area contributed by atoms with Crippen molar-refractivity contribution < 1.29 is 22.4 Å². The fraction of sp³-hybridized carbons (Fsp3) is 0.300. The molecule has 0 saturated carbocycles. The molecule has 1 heterocycles. The van der Waals surface area contributed by atoms with Crippen LogP contribution in [0.5, 0.6) is 0 Å². The Morgan fingerprint density at radius 2 is 1.73 bits per heavy atom. The van der Waals surface area contributed by atoms with Gasteiger partial charge in [0.15, 0.2) is 0 Å². The zero-order valence-electron chi connectivity index (χ0n) is 16.2. The number of rotatable bonds is 5. The number of hydrogen-bond donors (Lipinski definition) is 2. The van der Waals surface area contributed by atoms with Crippen LogP contribution in [0.2, 0.25) is 5.02 Å². The summed E-state index contributed by atoms with van der Waals surface area (Å²) in [4.78, 5) is 25.6. The molecule has 2 aromatic rings. The summed E-state index contributed by atoms with van der Waals surface area (Å²) < 4.78 is 40.7. The first-order valence-electron chi connectivity index (χ1n) is 9.30. The van der Waals surface area contributed by atoms with Gasteiger partial charge in [-0.3, -0.25) is 14.3 Å². The summed E-state index contributed by atoms with van der Waals surface area (Å²) in [6, 6.07) is 8.78. The Hall–Kier alpha value is -2.65. The summed E-state index contributed by atoms with van der Waals surface area (Å²) in [5.74, 6) is -0.978. The second-order valence-corrected chi connectivity index (χ2v) is 9.11. The molecule has 0 radical (unpaired) electrons. The van der Waals surface area contributed by atoms with Crippen LogP contribution >= 0.6 is 11.6 Å². The molecule has 1 aliphatic rings. The summed E-state index contributed by atoms with van der Waals surface area (Å²) in [5.41, 5.74) is 0.274. The molecule has 2 aromatic carbocycles. The number of sulfonamides is 1. The molecule has 1 fully saturated rings. The van der Waals surface area contributed by atoms with E-state index in [2.05, 4.69) is 10.0 Å². The van der Waals surface area contributed by atoms with E-state index >= 15 is 0 Å². The average molecular weight is 454 g/mol. The standard InChI is InChI=1S/C20H21ClFN3O4S/c1-13(26)23-15-8-10-25(11-9-15)20(27)18-12-17(6-7-19(18)21)30(28,29)24-16-4-2-14(22)3-5-16/h2-7,12,15,24H,8-11H2,1H3,(H,23,26). The Morgan fingerprint density at radius 1 is 1.10 bits per heavy atom. The van der Waals surface area contributed by atoms with Crippen LogP contribution in [0.3, 0.4) is 0 Å². The van der Waals surface area contributed by atoms with E-state index in [-0.39, 0.29) is 39.0 Å². The maximum atomic E-state index is 13.0. The van der Waals surface area contributed by atoms with Crippen LogP contribution in [-0.4, -0.2) is 44.3 Å². The van der Waals surface area contributed by atoms with Gasteiger partial charge >= 0.3 is 0 Å². The second-order valence-electron chi connectivity index (χ2n) is 7.02. The number of carbonyl (C=O) groups excluding carboxylic acids is 2. The SMILES string of the molecule is CC(=O)NC1CCN(C(=O)c2cc(S(=O)(=O)Nc3ccc(F)cc3)ccc2Cl)CC1. The lowest BCUT2D eigenvalue weighted by molar-refractivity contribution is -0.119.